The van der Waals surface area contributed by atoms with Crippen molar-refractivity contribution in [3.63, 3.8) is 0 Å². The Balaban J connectivity index is 3.74. The summed E-state index contributed by atoms with van der Waals surface area (Å²) in [6.07, 6.45) is 4.68. The fourth-order valence-electron chi connectivity index (χ4n) is 1.71. The van der Waals surface area contributed by atoms with Crippen molar-refractivity contribution in [2.75, 3.05) is 32.1 Å². The number of hydrogen-bond acceptors (Lipinski definition) is 3. The lowest BCUT2D eigenvalue weighted by Crippen LogP contribution is -2.39. The fraction of sp³-hybridized carbons (Fsp3) is 1.00. The lowest BCUT2D eigenvalue weighted by molar-refractivity contribution is 0.211. The van der Waals surface area contributed by atoms with Gasteiger partial charge in [-0.05, 0) is 37.8 Å². The van der Waals surface area contributed by atoms with E-state index in [1.165, 1.54) is 18.6 Å². The summed E-state index contributed by atoms with van der Waals surface area (Å²) in [5.74, 6) is 1.99. The van der Waals surface area contributed by atoms with Gasteiger partial charge in [-0.2, -0.15) is 11.8 Å². The van der Waals surface area contributed by atoms with Gasteiger partial charge in [0.2, 0.25) is 0 Å². The van der Waals surface area contributed by atoms with Crippen LogP contribution >= 0.6 is 11.8 Å². The number of rotatable bonds is 8. The van der Waals surface area contributed by atoms with Crippen LogP contribution in [0.1, 0.15) is 26.7 Å². The van der Waals surface area contributed by atoms with Gasteiger partial charge in [-0.1, -0.05) is 13.8 Å². The highest BCUT2D eigenvalue weighted by molar-refractivity contribution is 7.98. The summed E-state index contributed by atoms with van der Waals surface area (Å²) in [5.41, 5.74) is 5.78. The summed E-state index contributed by atoms with van der Waals surface area (Å²) in [4.78, 5) is 2.41. The molecule has 0 bridgehead atoms. The highest BCUT2D eigenvalue weighted by atomic mass is 32.2. The second-order valence-electron chi connectivity index (χ2n) is 4.36. The van der Waals surface area contributed by atoms with Gasteiger partial charge in [-0.3, -0.25) is 0 Å². The monoisotopic (exact) mass is 218 g/mol. The molecule has 3 heteroatoms. The average molecular weight is 218 g/mol. The SMILES string of the molecule is CSCCCC(CN)N(C)CC(C)C. The smallest absolute Gasteiger partial charge is 0.0215 e. The van der Waals surface area contributed by atoms with Crippen LogP contribution in [0.15, 0.2) is 0 Å². The molecule has 0 aromatic heterocycles. The number of likely N-dealkylation sites (N-methyl/N-ethyl adjacent to an activating group) is 1. The van der Waals surface area contributed by atoms with Crippen molar-refractivity contribution in [1.29, 1.82) is 0 Å². The van der Waals surface area contributed by atoms with Gasteiger partial charge in [0.1, 0.15) is 0 Å². The number of hydrogen-bond donors (Lipinski definition) is 1. The van der Waals surface area contributed by atoms with E-state index in [1.54, 1.807) is 0 Å². The van der Waals surface area contributed by atoms with Crippen molar-refractivity contribution in [2.24, 2.45) is 11.7 Å². The minimum atomic E-state index is 0.574. The first kappa shape index (κ1) is 14.3. The Hall–Kier alpha value is 0.270. The Labute approximate surface area is 93.6 Å². The minimum Gasteiger partial charge on any atom is -0.329 e. The Morgan fingerprint density at radius 2 is 2.00 bits per heavy atom. The quantitative estimate of drug-likeness (QED) is 0.632. The van der Waals surface area contributed by atoms with E-state index in [-0.39, 0.29) is 0 Å². The van der Waals surface area contributed by atoms with Crippen molar-refractivity contribution in [3.05, 3.63) is 0 Å². The van der Waals surface area contributed by atoms with Gasteiger partial charge in [-0.15, -0.1) is 0 Å². The van der Waals surface area contributed by atoms with E-state index in [4.69, 9.17) is 5.73 Å². The zero-order chi connectivity index (χ0) is 11.0. The molecule has 0 rings (SSSR count). The molecule has 0 saturated carbocycles. The van der Waals surface area contributed by atoms with E-state index in [9.17, 15) is 0 Å². The molecule has 1 atom stereocenters. The van der Waals surface area contributed by atoms with Crippen LogP contribution in [0, 0.1) is 5.92 Å². The molecule has 0 aromatic carbocycles. The summed E-state index contributed by atoms with van der Waals surface area (Å²) >= 11 is 1.92. The molecular weight excluding hydrogens is 192 g/mol. The lowest BCUT2D eigenvalue weighted by Gasteiger charge is -2.28. The fourth-order valence-corrected chi connectivity index (χ4v) is 2.16. The van der Waals surface area contributed by atoms with Gasteiger partial charge in [0, 0.05) is 19.1 Å². The first-order chi connectivity index (χ1) is 6.61. The van der Waals surface area contributed by atoms with Crippen molar-refractivity contribution in [3.8, 4) is 0 Å². The average Bonchev–Trinajstić information content (AvgIpc) is 2.11. The molecule has 14 heavy (non-hydrogen) atoms. The number of thioether (sulfide) groups is 1. The molecule has 0 aliphatic carbocycles. The van der Waals surface area contributed by atoms with Crippen LogP contribution in [-0.2, 0) is 0 Å². The molecular formula is C11H26N2S. The zero-order valence-electron chi connectivity index (χ0n) is 10.1. The number of nitrogens with zero attached hydrogens (tertiary/aromatic N) is 1. The van der Waals surface area contributed by atoms with Crippen molar-refractivity contribution in [2.45, 2.75) is 32.7 Å². The molecule has 1 unspecified atom stereocenters. The van der Waals surface area contributed by atoms with Gasteiger partial charge >= 0.3 is 0 Å². The second-order valence-corrected chi connectivity index (χ2v) is 5.34. The third kappa shape index (κ3) is 6.68. The van der Waals surface area contributed by atoms with Crippen molar-refractivity contribution in [1.82, 2.24) is 4.90 Å². The summed E-state index contributed by atoms with van der Waals surface area (Å²) < 4.78 is 0. The van der Waals surface area contributed by atoms with Crippen LogP contribution in [0.5, 0.6) is 0 Å². The summed E-state index contributed by atoms with van der Waals surface area (Å²) in [5, 5.41) is 0. The molecule has 86 valence electrons. The molecule has 0 aliphatic heterocycles. The summed E-state index contributed by atoms with van der Waals surface area (Å²) in [6, 6.07) is 0.574. The molecule has 0 aromatic rings. The lowest BCUT2D eigenvalue weighted by atomic mass is 10.1. The number of nitrogens with two attached hydrogens (primary N) is 1. The maximum absolute atomic E-state index is 5.78. The van der Waals surface area contributed by atoms with Gasteiger partial charge in [0.25, 0.3) is 0 Å². The second kappa shape index (κ2) is 8.57. The Morgan fingerprint density at radius 1 is 1.36 bits per heavy atom. The van der Waals surface area contributed by atoms with Gasteiger partial charge in [-0.25, -0.2) is 0 Å². The first-order valence-electron chi connectivity index (χ1n) is 5.51. The molecule has 0 spiro atoms. The summed E-state index contributed by atoms with van der Waals surface area (Å²) in [7, 11) is 2.19. The maximum Gasteiger partial charge on any atom is 0.0215 e. The predicted octanol–water partition coefficient (Wildman–Crippen LogP) is 2.04. The molecule has 0 amide bonds. The van der Waals surface area contributed by atoms with E-state index in [2.05, 4.69) is 32.1 Å². The van der Waals surface area contributed by atoms with E-state index in [0.717, 1.165) is 19.0 Å². The van der Waals surface area contributed by atoms with E-state index < -0.39 is 0 Å². The van der Waals surface area contributed by atoms with Gasteiger partial charge < -0.3 is 10.6 Å². The third-order valence-corrected chi connectivity index (χ3v) is 3.13. The zero-order valence-corrected chi connectivity index (χ0v) is 10.9. The largest absolute Gasteiger partial charge is 0.329 e. The Bertz CT molecular complexity index is 128. The highest BCUT2D eigenvalue weighted by Crippen LogP contribution is 2.09. The topological polar surface area (TPSA) is 29.3 Å². The molecule has 0 fully saturated rings. The maximum atomic E-state index is 5.78. The molecule has 0 radical (unpaired) electrons. The van der Waals surface area contributed by atoms with Crippen LogP contribution in [0.25, 0.3) is 0 Å². The molecule has 0 aliphatic rings. The van der Waals surface area contributed by atoms with Crippen LogP contribution in [0.4, 0.5) is 0 Å². The van der Waals surface area contributed by atoms with Crippen LogP contribution < -0.4 is 5.73 Å². The first-order valence-corrected chi connectivity index (χ1v) is 6.90. The standard InChI is InChI=1S/C11H26N2S/c1-10(2)9-13(3)11(8-12)6-5-7-14-4/h10-11H,5-9,12H2,1-4H3. The predicted molar refractivity (Wildman–Crippen MR) is 67.9 cm³/mol. The third-order valence-electron chi connectivity index (χ3n) is 2.43. The normalized spacial score (nSPS) is 13.9. The van der Waals surface area contributed by atoms with Crippen LogP contribution in [0.3, 0.4) is 0 Å². The molecule has 0 saturated heterocycles. The van der Waals surface area contributed by atoms with E-state index in [1.807, 2.05) is 11.8 Å². The van der Waals surface area contributed by atoms with Gasteiger partial charge in [0.05, 0.1) is 0 Å². The van der Waals surface area contributed by atoms with Crippen molar-refractivity contribution < 1.29 is 0 Å². The molecule has 0 heterocycles. The van der Waals surface area contributed by atoms with Crippen molar-refractivity contribution >= 4 is 11.8 Å². The van der Waals surface area contributed by atoms with E-state index >= 15 is 0 Å². The molecule has 2 N–H and O–H groups in total. The van der Waals surface area contributed by atoms with E-state index in [0.29, 0.717) is 6.04 Å². The summed E-state index contributed by atoms with van der Waals surface area (Å²) in [6.45, 7) is 6.46. The Morgan fingerprint density at radius 3 is 2.43 bits per heavy atom. The van der Waals surface area contributed by atoms with Crippen LogP contribution in [-0.4, -0.2) is 43.1 Å². The molecule has 2 nitrogen and oxygen atoms in total. The van der Waals surface area contributed by atoms with Crippen LogP contribution in [0.2, 0.25) is 0 Å². The minimum absolute atomic E-state index is 0.574. The van der Waals surface area contributed by atoms with Gasteiger partial charge in [0.15, 0.2) is 0 Å². The highest BCUT2D eigenvalue weighted by Gasteiger charge is 2.13. The Kier molecular flexibility index (Phi) is 8.73.